The van der Waals surface area contributed by atoms with Gasteiger partial charge in [0.2, 0.25) is 5.88 Å². The Morgan fingerprint density at radius 2 is 1.97 bits per heavy atom. The Hall–Kier alpha value is -3.44. The van der Waals surface area contributed by atoms with Crippen LogP contribution in [-0.2, 0) is 0 Å². The fourth-order valence-electron chi connectivity index (χ4n) is 3.18. The summed E-state index contributed by atoms with van der Waals surface area (Å²) in [6.45, 7) is 3.69. The second-order valence-corrected chi connectivity index (χ2v) is 8.52. The number of rotatable bonds is 6. The summed E-state index contributed by atoms with van der Waals surface area (Å²) < 4.78 is 8.46. The smallest absolute Gasteiger partial charge is 0.274 e. The molecule has 2 N–H and O–H groups in total. The molecule has 0 atom stereocenters. The van der Waals surface area contributed by atoms with Crippen molar-refractivity contribution in [3.05, 3.63) is 63.6 Å². The molecule has 0 aliphatic rings. The Bertz CT molecular complexity index is 1370. The first kappa shape index (κ1) is 22.7. The molecule has 33 heavy (non-hydrogen) atoms. The summed E-state index contributed by atoms with van der Waals surface area (Å²) in [7, 11) is 1.44. The van der Waals surface area contributed by atoms with Crippen molar-refractivity contribution in [3.63, 3.8) is 0 Å². The summed E-state index contributed by atoms with van der Waals surface area (Å²) in [6, 6.07) is 8.14. The standard InChI is InChI=1S/C21H19BrClN7O3/c1-11(2)26-21(32)18-17(13(22)9-12-6-8-25-29(12)18)27-20(31)15-10-16(33-3)28-30(15)19-14(23)5-4-7-24-19/h4-11H,1-3H3,(H,26,32)(H,27,31). The minimum absolute atomic E-state index is 0.107. The van der Waals surface area contributed by atoms with Gasteiger partial charge >= 0.3 is 0 Å². The Morgan fingerprint density at radius 1 is 1.18 bits per heavy atom. The van der Waals surface area contributed by atoms with Crippen LogP contribution in [0.25, 0.3) is 11.3 Å². The van der Waals surface area contributed by atoms with Crippen molar-refractivity contribution in [2.75, 3.05) is 12.4 Å². The highest BCUT2D eigenvalue weighted by Crippen LogP contribution is 2.30. The Morgan fingerprint density at radius 3 is 2.67 bits per heavy atom. The van der Waals surface area contributed by atoms with Gasteiger partial charge in [-0.25, -0.2) is 14.2 Å². The molecule has 4 heterocycles. The lowest BCUT2D eigenvalue weighted by Gasteiger charge is -2.16. The normalized spacial score (nSPS) is 11.1. The van der Waals surface area contributed by atoms with Crippen LogP contribution in [0.15, 0.2) is 47.2 Å². The lowest BCUT2D eigenvalue weighted by Crippen LogP contribution is -2.33. The van der Waals surface area contributed by atoms with Gasteiger partial charge in [-0.1, -0.05) is 11.6 Å². The molecule has 0 spiro atoms. The van der Waals surface area contributed by atoms with Crippen LogP contribution in [0.2, 0.25) is 5.02 Å². The van der Waals surface area contributed by atoms with Crippen molar-refractivity contribution in [1.82, 2.24) is 29.7 Å². The molecule has 4 aromatic rings. The van der Waals surface area contributed by atoms with Crippen LogP contribution in [0.4, 0.5) is 5.69 Å². The number of carbonyl (C=O) groups excluding carboxylic acids is 2. The first-order valence-electron chi connectivity index (χ1n) is 9.83. The van der Waals surface area contributed by atoms with Crippen LogP contribution in [0.3, 0.4) is 0 Å². The summed E-state index contributed by atoms with van der Waals surface area (Å²) >= 11 is 9.74. The minimum Gasteiger partial charge on any atom is -0.480 e. The number of nitrogens with one attached hydrogen (secondary N) is 2. The van der Waals surface area contributed by atoms with E-state index in [1.807, 2.05) is 13.8 Å². The summed E-state index contributed by atoms with van der Waals surface area (Å²) in [6.07, 6.45) is 3.11. The fraction of sp³-hybridized carbons (Fsp3) is 0.190. The van der Waals surface area contributed by atoms with Crippen LogP contribution in [0, 0.1) is 0 Å². The van der Waals surface area contributed by atoms with Crippen LogP contribution >= 0.6 is 27.5 Å². The molecule has 0 fully saturated rings. The summed E-state index contributed by atoms with van der Waals surface area (Å²) in [5.41, 5.74) is 1.20. The fourth-order valence-corrected chi connectivity index (χ4v) is 3.91. The Labute approximate surface area is 202 Å². The molecule has 4 rings (SSSR count). The van der Waals surface area contributed by atoms with E-state index in [2.05, 4.69) is 41.7 Å². The van der Waals surface area contributed by atoms with Gasteiger partial charge in [0.05, 0.1) is 29.5 Å². The van der Waals surface area contributed by atoms with E-state index in [4.69, 9.17) is 16.3 Å². The van der Waals surface area contributed by atoms with Gasteiger partial charge in [0.15, 0.2) is 11.5 Å². The van der Waals surface area contributed by atoms with Crippen molar-refractivity contribution < 1.29 is 14.3 Å². The highest BCUT2D eigenvalue weighted by atomic mass is 79.9. The maximum Gasteiger partial charge on any atom is 0.274 e. The summed E-state index contributed by atoms with van der Waals surface area (Å²) in [5, 5.41) is 14.4. The number of hydrogen-bond donors (Lipinski definition) is 2. The van der Waals surface area contributed by atoms with Crippen LogP contribution in [-0.4, -0.2) is 49.3 Å². The lowest BCUT2D eigenvalue weighted by atomic mass is 10.2. The molecular weight excluding hydrogens is 514 g/mol. The van der Waals surface area contributed by atoms with Crippen molar-refractivity contribution in [3.8, 4) is 11.7 Å². The Balaban J connectivity index is 1.81. The van der Waals surface area contributed by atoms with E-state index in [0.717, 1.165) is 0 Å². The largest absolute Gasteiger partial charge is 0.480 e. The van der Waals surface area contributed by atoms with Gasteiger partial charge in [-0.15, -0.1) is 5.10 Å². The second kappa shape index (κ2) is 9.20. The number of hydrogen-bond acceptors (Lipinski definition) is 6. The molecular formula is C21H19BrClN7O3. The second-order valence-electron chi connectivity index (χ2n) is 7.26. The number of ether oxygens (including phenoxy) is 1. The van der Waals surface area contributed by atoms with Crippen LogP contribution in [0.1, 0.15) is 34.8 Å². The number of nitrogens with zero attached hydrogens (tertiary/aromatic N) is 5. The molecule has 0 unspecified atom stereocenters. The average Bonchev–Trinajstić information content (AvgIpc) is 3.40. The van der Waals surface area contributed by atoms with Crippen molar-refractivity contribution in [2.24, 2.45) is 0 Å². The zero-order chi connectivity index (χ0) is 23.7. The van der Waals surface area contributed by atoms with Crippen molar-refractivity contribution in [1.29, 1.82) is 0 Å². The van der Waals surface area contributed by atoms with Gasteiger partial charge in [0.25, 0.3) is 11.8 Å². The van der Waals surface area contributed by atoms with E-state index >= 15 is 0 Å². The monoisotopic (exact) mass is 531 g/mol. The number of halogens is 2. The zero-order valence-corrected chi connectivity index (χ0v) is 20.2. The quantitative estimate of drug-likeness (QED) is 0.391. The molecule has 0 aromatic carbocycles. The van der Waals surface area contributed by atoms with Crippen LogP contribution in [0.5, 0.6) is 5.88 Å². The number of aromatic nitrogens is 5. The predicted molar refractivity (Wildman–Crippen MR) is 126 cm³/mol. The molecule has 0 radical (unpaired) electrons. The number of methoxy groups -OCH3 is 1. The molecule has 2 amide bonds. The van der Waals surface area contributed by atoms with E-state index in [-0.39, 0.29) is 34.8 Å². The van der Waals surface area contributed by atoms with E-state index in [1.165, 1.54) is 28.6 Å². The van der Waals surface area contributed by atoms with Gasteiger partial charge < -0.3 is 15.4 Å². The molecule has 0 aliphatic carbocycles. The highest BCUT2D eigenvalue weighted by Gasteiger charge is 2.25. The minimum atomic E-state index is -0.557. The summed E-state index contributed by atoms with van der Waals surface area (Å²) in [4.78, 5) is 30.6. The molecule has 12 heteroatoms. The van der Waals surface area contributed by atoms with Crippen LogP contribution < -0.4 is 15.4 Å². The molecule has 0 aliphatic heterocycles. The molecule has 0 saturated carbocycles. The molecule has 4 aromatic heterocycles. The number of fused-ring (bicyclic) bond motifs is 1. The molecule has 0 bridgehead atoms. The first-order chi connectivity index (χ1) is 15.8. The predicted octanol–water partition coefficient (Wildman–Crippen LogP) is 3.73. The van der Waals surface area contributed by atoms with Gasteiger partial charge in [-0.3, -0.25) is 9.59 Å². The third-order valence-corrected chi connectivity index (χ3v) is 5.50. The summed E-state index contributed by atoms with van der Waals surface area (Å²) in [5.74, 6) is -0.499. The van der Waals surface area contributed by atoms with E-state index < -0.39 is 11.8 Å². The maximum absolute atomic E-state index is 13.4. The third-order valence-electron chi connectivity index (χ3n) is 4.58. The van der Waals surface area contributed by atoms with Crippen molar-refractivity contribution >= 4 is 50.5 Å². The van der Waals surface area contributed by atoms with E-state index in [0.29, 0.717) is 15.0 Å². The SMILES string of the molecule is COc1cc(C(=O)Nc2c(Br)cc3ccnn3c2C(=O)NC(C)C)n(-c2ncccc2Cl)n1. The van der Waals surface area contributed by atoms with Gasteiger partial charge in [-0.2, -0.15) is 5.10 Å². The highest BCUT2D eigenvalue weighted by molar-refractivity contribution is 9.10. The molecule has 10 nitrogen and oxygen atoms in total. The first-order valence-corrected chi connectivity index (χ1v) is 11.0. The van der Waals surface area contributed by atoms with Gasteiger partial charge in [0.1, 0.15) is 5.69 Å². The number of pyridine rings is 2. The van der Waals surface area contributed by atoms with E-state index in [9.17, 15) is 9.59 Å². The van der Waals surface area contributed by atoms with Gasteiger partial charge in [0, 0.05) is 22.8 Å². The maximum atomic E-state index is 13.4. The molecule has 0 saturated heterocycles. The molecule has 170 valence electrons. The lowest BCUT2D eigenvalue weighted by molar-refractivity contribution is 0.0936. The average molecular weight is 533 g/mol. The topological polar surface area (TPSA) is 115 Å². The van der Waals surface area contributed by atoms with Gasteiger partial charge in [-0.05, 0) is 54.0 Å². The van der Waals surface area contributed by atoms with E-state index in [1.54, 1.807) is 30.5 Å². The third kappa shape index (κ3) is 4.41. The Kier molecular flexibility index (Phi) is 6.34. The zero-order valence-electron chi connectivity index (χ0n) is 17.8. The number of carbonyl (C=O) groups is 2. The number of amides is 2. The van der Waals surface area contributed by atoms with Crippen molar-refractivity contribution in [2.45, 2.75) is 19.9 Å². The number of anilines is 1.